The second kappa shape index (κ2) is 7.67. The van der Waals surface area contributed by atoms with Crippen molar-refractivity contribution < 1.29 is 9.47 Å². The molecule has 1 saturated heterocycles. The van der Waals surface area contributed by atoms with Crippen LogP contribution in [0.5, 0.6) is 5.75 Å². The van der Waals surface area contributed by atoms with Crippen LogP contribution in [0.4, 0.5) is 0 Å². The Morgan fingerprint density at radius 3 is 2.54 bits per heavy atom. The number of ether oxygens (including phenoxy) is 2. The fraction of sp³-hybridized carbons (Fsp3) is 0.438. The second-order valence-corrected chi connectivity index (χ2v) is 6.41. The summed E-state index contributed by atoms with van der Waals surface area (Å²) in [5.41, 5.74) is 0.904. The van der Waals surface area contributed by atoms with E-state index in [2.05, 4.69) is 10.2 Å². The summed E-state index contributed by atoms with van der Waals surface area (Å²) in [6, 6.07) is 7.26. The van der Waals surface area contributed by atoms with Crippen molar-refractivity contribution in [3.8, 4) is 17.0 Å². The lowest BCUT2D eigenvalue weighted by molar-refractivity contribution is 0.108. The number of morpholine rings is 1. The molecule has 3 rings (SSSR count). The molecule has 2 heterocycles. The molecule has 1 aromatic carbocycles. The molecule has 0 saturated carbocycles. The standard InChI is InChI=1S/C16H20N4O3S/c1-3-24-16-18-17-14(12-4-6-13(22-2)7-5-12)15(21)20(16)19-8-10-23-11-9-19/h4-7H,3,8-11H2,1-2H3. The van der Waals surface area contributed by atoms with Crippen LogP contribution in [-0.4, -0.2) is 54.0 Å². The van der Waals surface area contributed by atoms with E-state index in [4.69, 9.17) is 9.47 Å². The molecule has 1 aromatic heterocycles. The van der Waals surface area contributed by atoms with Crippen molar-refractivity contribution in [2.75, 3.05) is 44.2 Å². The monoisotopic (exact) mass is 348 g/mol. The number of nitrogens with zero attached hydrogens (tertiary/aromatic N) is 4. The van der Waals surface area contributed by atoms with Crippen molar-refractivity contribution in [1.82, 2.24) is 14.9 Å². The van der Waals surface area contributed by atoms with Crippen LogP contribution in [0.2, 0.25) is 0 Å². The van der Waals surface area contributed by atoms with Gasteiger partial charge in [-0.1, -0.05) is 18.7 Å². The number of hydrogen-bond donors (Lipinski definition) is 0. The molecule has 24 heavy (non-hydrogen) atoms. The summed E-state index contributed by atoms with van der Waals surface area (Å²) in [6.45, 7) is 4.54. The number of rotatable bonds is 5. The normalized spacial score (nSPS) is 14.7. The maximum absolute atomic E-state index is 13.1. The summed E-state index contributed by atoms with van der Waals surface area (Å²) in [5, 5.41) is 11.1. The van der Waals surface area contributed by atoms with E-state index in [1.165, 1.54) is 11.8 Å². The van der Waals surface area contributed by atoms with Crippen molar-refractivity contribution in [2.45, 2.75) is 12.1 Å². The van der Waals surface area contributed by atoms with Crippen LogP contribution >= 0.6 is 11.8 Å². The highest BCUT2D eigenvalue weighted by Crippen LogP contribution is 2.20. The lowest BCUT2D eigenvalue weighted by Gasteiger charge is -2.31. The Kier molecular flexibility index (Phi) is 5.37. The first kappa shape index (κ1) is 16.8. The third kappa shape index (κ3) is 3.39. The molecule has 1 aliphatic heterocycles. The van der Waals surface area contributed by atoms with Gasteiger partial charge >= 0.3 is 0 Å². The Bertz CT molecular complexity index is 742. The molecule has 0 atom stereocenters. The van der Waals surface area contributed by atoms with E-state index < -0.39 is 0 Å². The summed E-state index contributed by atoms with van der Waals surface area (Å²) < 4.78 is 12.2. The fourth-order valence-corrected chi connectivity index (χ4v) is 3.19. The Balaban J connectivity index is 2.05. The van der Waals surface area contributed by atoms with Crippen molar-refractivity contribution in [1.29, 1.82) is 0 Å². The van der Waals surface area contributed by atoms with Crippen molar-refractivity contribution >= 4 is 11.8 Å². The average molecular weight is 348 g/mol. The van der Waals surface area contributed by atoms with Gasteiger partial charge in [-0.25, -0.2) is 0 Å². The number of aromatic nitrogens is 3. The quantitative estimate of drug-likeness (QED) is 0.756. The summed E-state index contributed by atoms with van der Waals surface area (Å²) in [6.07, 6.45) is 0. The zero-order valence-electron chi connectivity index (χ0n) is 13.8. The fourth-order valence-electron chi connectivity index (χ4n) is 2.52. The first-order valence-corrected chi connectivity index (χ1v) is 8.83. The Morgan fingerprint density at radius 2 is 1.92 bits per heavy atom. The molecule has 0 aliphatic carbocycles. The first-order chi connectivity index (χ1) is 11.7. The van der Waals surface area contributed by atoms with Gasteiger partial charge in [0.25, 0.3) is 5.56 Å². The molecule has 7 nitrogen and oxygen atoms in total. The summed E-state index contributed by atoms with van der Waals surface area (Å²) in [4.78, 5) is 13.1. The van der Waals surface area contributed by atoms with Gasteiger partial charge in [0, 0.05) is 5.56 Å². The molecule has 0 radical (unpaired) electrons. The zero-order valence-corrected chi connectivity index (χ0v) is 14.6. The van der Waals surface area contributed by atoms with Crippen LogP contribution in [0.1, 0.15) is 6.92 Å². The van der Waals surface area contributed by atoms with Gasteiger partial charge in [0.2, 0.25) is 5.16 Å². The maximum atomic E-state index is 13.1. The van der Waals surface area contributed by atoms with Gasteiger partial charge in [-0.2, -0.15) is 4.68 Å². The minimum Gasteiger partial charge on any atom is -0.497 e. The average Bonchev–Trinajstić information content (AvgIpc) is 2.63. The first-order valence-electron chi connectivity index (χ1n) is 7.84. The van der Waals surface area contributed by atoms with E-state index >= 15 is 0 Å². The van der Waals surface area contributed by atoms with Crippen LogP contribution in [-0.2, 0) is 4.74 Å². The van der Waals surface area contributed by atoms with Gasteiger partial charge in [0.1, 0.15) is 5.75 Å². The van der Waals surface area contributed by atoms with Gasteiger partial charge in [0.15, 0.2) is 5.69 Å². The summed E-state index contributed by atoms with van der Waals surface area (Å²) >= 11 is 1.51. The van der Waals surface area contributed by atoms with Gasteiger partial charge in [-0.15, -0.1) is 10.2 Å². The second-order valence-electron chi connectivity index (χ2n) is 5.18. The van der Waals surface area contributed by atoms with E-state index in [0.29, 0.717) is 37.2 Å². The predicted molar refractivity (Wildman–Crippen MR) is 93.4 cm³/mol. The lowest BCUT2D eigenvalue weighted by Crippen LogP contribution is -2.50. The minimum atomic E-state index is -0.159. The molecule has 2 aromatic rings. The van der Waals surface area contributed by atoms with Crippen LogP contribution in [0.3, 0.4) is 0 Å². The molecular formula is C16H20N4O3S. The third-order valence-electron chi connectivity index (χ3n) is 3.72. The highest BCUT2D eigenvalue weighted by atomic mass is 32.2. The highest BCUT2D eigenvalue weighted by Gasteiger charge is 2.20. The number of benzene rings is 1. The van der Waals surface area contributed by atoms with E-state index in [1.54, 1.807) is 11.8 Å². The Labute approximate surface area is 144 Å². The predicted octanol–water partition coefficient (Wildman–Crippen LogP) is 1.39. The largest absolute Gasteiger partial charge is 0.497 e. The van der Waals surface area contributed by atoms with Crippen molar-refractivity contribution in [3.05, 3.63) is 34.6 Å². The minimum absolute atomic E-state index is 0.159. The number of methoxy groups -OCH3 is 1. The van der Waals surface area contributed by atoms with E-state index in [1.807, 2.05) is 36.2 Å². The molecule has 0 amide bonds. The van der Waals surface area contributed by atoms with Gasteiger partial charge < -0.3 is 14.5 Å². The van der Waals surface area contributed by atoms with E-state index in [-0.39, 0.29) is 5.56 Å². The molecule has 0 unspecified atom stereocenters. The van der Waals surface area contributed by atoms with Gasteiger partial charge in [-0.3, -0.25) is 4.79 Å². The van der Waals surface area contributed by atoms with Crippen molar-refractivity contribution in [3.63, 3.8) is 0 Å². The van der Waals surface area contributed by atoms with Crippen LogP contribution < -0.4 is 15.3 Å². The number of thioether (sulfide) groups is 1. The third-order valence-corrected chi connectivity index (χ3v) is 4.52. The zero-order chi connectivity index (χ0) is 16.9. The van der Waals surface area contributed by atoms with Crippen LogP contribution in [0, 0.1) is 0 Å². The van der Waals surface area contributed by atoms with E-state index in [9.17, 15) is 4.79 Å². The molecule has 0 N–H and O–H groups in total. The highest BCUT2D eigenvalue weighted by molar-refractivity contribution is 7.99. The lowest BCUT2D eigenvalue weighted by atomic mass is 10.1. The number of hydrogen-bond acceptors (Lipinski definition) is 7. The van der Waals surface area contributed by atoms with Crippen LogP contribution in [0.25, 0.3) is 11.3 Å². The smallest absolute Gasteiger partial charge is 0.299 e. The maximum Gasteiger partial charge on any atom is 0.299 e. The molecule has 128 valence electrons. The molecule has 0 bridgehead atoms. The molecular weight excluding hydrogens is 328 g/mol. The topological polar surface area (TPSA) is 69.5 Å². The van der Waals surface area contributed by atoms with Gasteiger partial charge in [0.05, 0.1) is 33.4 Å². The van der Waals surface area contributed by atoms with Gasteiger partial charge in [-0.05, 0) is 30.0 Å². The Hall–Kier alpha value is -2.06. The molecule has 1 fully saturated rings. The Morgan fingerprint density at radius 1 is 1.21 bits per heavy atom. The van der Waals surface area contributed by atoms with E-state index in [0.717, 1.165) is 17.1 Å². The summed E-state index contributed by atoms with van der Waals surface area (Å²) in [5.74, 6) is 1.55. The molecule has 8 heteroatoms. The van der Waals surface area contributed by atoms with Crippen molar-refractivity contribution in [2.24, 2.45) is 0 Å². The van der Waals surface area contributed by atoms with Crippen LogP contribution in [0.15, 0.2) is 34.2 Å². The molecule has 0 spiro atoms. The SMILES string of the molecule is CCSc1nnc(-c2ccc(OC)cc2)c(=O)n1N1CCOCC1. The molecule has 1 aliphatic rings. The summed E-state index contributed by atoms with van der Waals surface area (Å²) in [7, 11) is 1.61.